The first-order valence-corrected chi connectivity index (χ1v) is 5.39. The van der Waals surface area contributed by atoms with E-state index in [1.807, 2.05) is 12.3 Å². The molecule has 76 valence electrons. The Hall–Kier alpha value is -1.41. The van der Waals surface area contributed by atoms with E-state index in [4.69, 9.17) is 5.73 Å². The smallest absolute Gasteiger partial charge is 0.0704 e. The first-order chi connectivity index (χ1) is 7.34. The minimum absolute atomic E-state index is 0.270. The van der Waals surface area contributed by atoms with Crippen LogP contribution in [-0.2, 0) is 5.41 Å². The van der Waals surface area contributed by atoms with Gasteiger partial charge in [0.2, 0.25) is 0 Å². The van der Waals surface area contributed by atoms with E-state index in [1.165, 1.54) is 23.8 Å². The van der Waals surface area contributed by atoms with Crippen molar-refractivity contribution in [2.75, 3.05) is 6.54 Å². The number of aromatic nitrogens is 1. The Morgan fingerprint density at radius 2 is 2.13 bits per heavy atom. The van der Waals surface area contributed by atoms with E-state index in [1.54, 1.807) is 0 Å². The molecule has 1 aliphatic carbocycles. The number of hydrogen-bond acceptors (Lipinski definition) is 2. The number of nitrogens with two attached hydrogens (primary N) is 1. The monoisotopic (exact) mass is 198 g/mol. The summed E-state index contributed by atoms with van der Waals surface area (Å²) in [6.07, 6.45) is 4.29. The van der Waals surface area contributed by atoms with Crippen LogP contribution in [0.2, 0.25) is 0 Å². The van der Waals surface area contributed by atoms with Crippen molar-refractivity contribution in [1.29, 1.82) is 0 Å². The molecule has 1 aromatic heterocycles. The topological polar surface area (TPSA) is 38.9 Å². The zero-order valence-electron chi connectivity index (χ0n) is 8.61. The highest BCUT2D eigenvalue weighted by Gasteiger charge is 2.42. The Morgan fingerprint density at radius 3 is 2.87 bits per heavy atom. The van der Waals surface area contributed by atoms with Gasteiger partial charge in [0.25, 0.3) is 0 Å². The van der Waals surface area contributed by atoms with Gasteiger partial charge < -0.3 is 5.73 Å². The second-order valence-electron chi connectivity index (χ2n) is 4.40. The molecule has 1 fully saturated rings. The first kappa shape index (κ1) is 8.86. The van der Waals surface area contributed by atoms with Gasteiger partial charge in [0, 0.05) is 23.5 Å². The highest BCUT2D eigenvalue weighted by molar-refractivity contribution is 5.79. The van der Waals surface area contributed by atoms with E-state index in [0.717, 1.165) is 12.1 Å². The van der Waals surface area contributed by atoms with Crippen LogP contribution in [0.3, 0.4) is 0 Å². The Kier molecular flexibility index (Phi) is 1.80. The third kappa shape index (κ3) is 1.33. The summed E-state index contributed by atoms with van der Waals surface area (Å²) in [6.45, 7) is 0.755. The van der Waals surface area contributed by atoms with Crippen LogP contribution < -0.4 is 5.73 Å². The molecule has 0 spiro atoms. The van der Waals surface area contributed by atoms with Crippen molar-refractivity contribution in [1.82, 2.24) is 4.98 Å². The lowest BCUT2D eigenvalue weighted by Crippen LogP contribution is -2.19. The van der Waals surface area contributed by atoms with Gasteiger partial charge >= 0.3 is 0 Å². The number of nitrogens with zero attached hydrogens (tertiary/aromatic N) is 1. The van der Waals surface area contributed by atoms with E-state index in [0.29, 0.717) is 0 Å². The highest BCUT2D eigenvalue weighted by Crippen LogP contribution is 2.47. The summed E-state index contributed by atoms with van der Waals surface area (Å²) in [6, 6.07) is 10.6. The largest absolute Gasteiger partial charge is 0.330 e. The van der Waals surface area contributed by atoms with Gasteiger partial charge in [-0.05, 0) is 30.5 Å². The van der Waals surface area contributed by atoms with E-state index in [2.05, 4.69) is 29.2 Å². The molecule has 2 heteroatoms. The van der Waals surface area contributed by atoms with Gasteiger partial charge in [0.15, 0.2) is 0 Å². The fraction of sp³-hybridized carbons (Fsp3) is 0.308. The number of benzene rings is 1. The van der Waals surface area contributed by atoms with Gasteiger partial charge in [-0.15, -0.1) is 0 Å². The summed E-state index contributed by atoms with van der Waals surface area (Å²) in [5.74, 6) is 0. The Morgan fingerprint density at radius 1 is 1.27 bits per heavy atom. The van der Waals surface area contributed by atoms with Gasteiger partial charge in [-0.1, -0.05) is 18.2 Å². The molecule has 0 atom stereocenters. The number of rotatable bonds is 2. The van der Waals surface area contributed by atoms with Gasteiger partial charge in [0.05, 0.1) is 5.52 Å². The lowest BCUT2D eigenvalue weighted by molar-refractivity contribution is 0.705. The molecule has 3 rings (SSSR count). The summed E-state index contributed by atoms with van der Waals surface area (Å²) in [5, 5.41) is 1.20. The zero-order valence-corrected chi connectivity index (χ0v) is 8.61. The fourth-order valence-electron chi connectivity index (χ4n) is 2.16. The lowest BCUT2D eigenvalue weighted by atomic mass is 9.95. The van der Waals surface area contributed by atoms with Crippen LogP contribution in [0.1, 0.15) is 18.4 Å². The van der Waals surface area contributed by atoms with Crippen molar-refractivity contribution in [3.63, 3.8) is 0 Å². The maximum atomic E-state index is 5.82. The minimum atomic E-state index is 0.270. The molecule has 15 heavy (non-hydrogen) atoms. The average Bonchev–Trinajstić information content (AvgIpc) is 3.09. The molecule has 2 nitrogen and oxygen atoms in total. The molecule has 1 aliphatic rings. The molecule has 2 aromatic rings. The maximum Gasteiger partial charge on any atom is 0.0704 e. The summed E-state index contributed by atoms with van der Waals surface area (Å²) in [5.41, 5.74) is 8.53. The van der Waals surface area contributed by atoms with E-state index in [-0.39, 0.29) is 5.41 Å². The van der Waals surface area contributed by atoms with Gasteiger partial charge in [-0.2, -0.15) is 0 Å². The molecule has 2 N–H and O–H groups in total. The third-order valence-corrected chi connectivity index (χ3v) is 3.46. The van der Waals surface area contributed by atoms with Crippen LogP contribution in [-0.4, -0.2) is 11.5 Å². The summed E-state index contributed by atoms with van der Waals surface area (Å²) in [7, 11) is 0. The summed E-state index contributed by atoms with van der Waals surface area (Å²) >= 11 is 0. The Balaban J connectivity index is 2.14. The zero-order chi connectivity index (χ0) is 10.3. The second kappa shape index (κ2) is 3.04. The van der Waals surface area contributed by atoms with Crippen molar-refractivity contribution in [2.45, 2.75) is 18.3 Å². The number of hydrogen-bond donors (Lipinski definition) is 1. The van der Waals surface area contributed by atoms with Crippen LogP contribution in [0.4, 0.5) is 0 Å². The molecule has 0 unspecified atom stereocenters. The highest BCUT2D eigenvalue weighted by atomic mass is 14.7. The van der Waals surface area contributed by atoms with Gasteiger partial charge in [0.1, 0.15) is 0 Å². The fourth-order valence-corrected chi connectivity index (χ4v) is 2.16. The van der Waals surface area contributed by atoms with Crippen LogP contribution in [0.15, 0.2) is 36.5 Å². The Bertz CT molecular complexity index is 501. The molecular formula is C13H14N2. The quantitative estimate of drug-likeness (QED) is 0.803. The van der Waals surface area contributed by atoms with Crippen LogP contribution in [0.25, 0.3) is 10.9 Å². The number of pyridine rings is 1. The predicted octanol–water partition coefficient (Wildman–Crippen LogP) is 2.23. The normalized spacial score (nSPS) is 17.9. The van der Waals surface area contributed by atoms with Crippen LogP contribution in [0, 0.1) is 0 Å². The standard InChI is InChI=1S/C13H14N2/c14-9-13(5-6-13)11-4-3-10-2-1-7-15-12(10)8-11/h1-4,7-8H,5-6,9,14H2. The summed E-state index contributed by atoms with van der Waals surface area (Å²) in [4.78, 5) is 4.38. The molecule has 0 bridgehead atoms. The molecule has 1 heterocycles. The van der Waals surface area contributed by atoms with Crippen LogP contribution >= 0.6 is 0 Å². The van der Waals surface area contributed by atoms with Crippen LogP contribution in [0.5, 0.6) is 0 Å². The van der Waals surface area contributed by atoms with Crippen molar-refractivity contribution >= 4 is 10.9 Å². The molecule has 1 aromatic carbocycles. The van der Waals surface area contributed by atoms with Crippen molar-refractivity contribution in [2.24, 2.45) is 5.73 Å². The minimum Gasteiger partial charge on any atom is -0.330 e. The molecule has 0 aliphatic heterocycles. The Labute approximate surface area is 89.1 Å². The molecular weight excluding hydrogens is 184 g/mol. The second-order valence-corrected chi connectivity index (χ2v) is 4.40. The van der Waals surface area contributed by atoms with Gasteiger partial charge in [-0.25, -0.2) is 0 Å². The number of fused-ring (bicyclic) bond motifs is 1. The lowest BCUT2D eigenvalue weighted by Gasteiger charge is -2.12. The summed E-state index contributed by atoms with van der Waals surface area (Å²) < 4.78 is 0. The molecule has 0 amide bonds. The predicted molar refractivity (Wildman–Crippen MR) is 61.7 cm³/mol. The first-order valence-electron chi connectivity index (χ1n) is 5.39. The van der Waals surface area contributed by atoms with E-state index < -0.39 is 0 Å². The van der Waals surface area contributed by atoms with E-state index in [9.17, 15) is 0 Å². The van der Waals surface area contributed by atoms with Gasteiger partial charge in [-0.3, -0.25) is 4.98 Å². The third-order valence-electron chi connectivity index (χ3n) is 3.46. The maximum absolute atomic E-state index is 5.82. The van der Waals surface area contributed by atoms with E-state index >= 15 is 0 Å². The molecule has 1 saturated carbocycles. The van der Waals surface area contributed by atoms with Crippen molar-refractivity contribution in [3.8, 4) is 0 Å². The van der Waals surface area contributed by atoms with Crippen molar-refractivity contribution < 1.29 is 0 Å². The molecule has 0 radical (unpaired) electrons. The average molecular weight is 198 g/mol. The van der Waals surface area contributed by atoms with Crippen molar-refractivity contribution in [3.05, 3.63) is 42.1 Å². The molecule has 0 saturated heterocycles. The SMILES string of the molecule is NCC1(c2ccc3cccnc3c2)CC1.